The van der Waals surface area contributed by atoms with E-state index >= 15 is 0 Å². The summed E-state index contributed by atoms with van der Waals surface area (Å²) >= 11 is 5.87. The standard InChI is InChI=1S/C20H27ClN2O4/c1-13(2)20(3,11-17(24)25)22-18(26)15-5-4-10-23(12-15)19(27)14-6-8-16(21)9-7-14/h6-9,13,15H,4-5,10-12H2,1-3H3,(H,22,26)(H,24,25). The predicted octanol–water partition coefficient (Wildman–Crippen LogP) is 3.20. The number of carbonyl (C=O) groups is 3. The lowest BCUT2D eigenvalue weighted by Gasteiger charge is -2.37. The Morgan fingerprint density at radius 1 is 1.30 bits per heavy atom. The first-order valence-electron chi connectivity index (χ1n) is 9.21. The van der Waals surface area contributed by atoms with E-state index in [-0.39, 0.29) is 30.1 Å². The number of rotatable bonds is 6. The zero-order chi connectivity index (χ0) is 20.2. The maximum Gasteiger partial charge on any atom is 0.305 e. The first-order valence-corrected chi connectivity index (χ1v) is 9.59. The Balaban J connectivity index is 2.06. The van der Waals surface area contributed by atoms with Gasteiger partial charge in [-0.1, -0.05) is 25.4 Å². The van der Waals surface area contributed by atoms with Gasteiger partial charge in [0, 0.05) is 29.2 Å². The topological polar surface area (TPSA) is 86.7 Å². The van der Waals surface area contributed by atoms with Crippen molar-refractivity contribution in [3.05, 3.63) is 34.9 Å². The number of piperidine rings is 1. The second-order valence-corrected chi connectivity index (χ2v) is 8.17. The molecule has 1 fully saturated rings. The van der Waals surface area contributed by atoms with Gasteiger partial charge < -0.3 is 15.3 Å². The molecule has 0 spiro atoms. The molecule has 1 saturated heterocycles. The summed E-state index contributed by atoms with van der Waals surface area (Å²) in [5, 5.41) is 12.7. The molecule has 1 aromatic carbocycles. The number of amides is 2. The highest BCUT2D eigenvalue weighted by atomic mass is 35.5. The quantitative estimate of drug-likeness (QED) is 0.775. The molecule has 7 heteroatoms. The maximum absolute atomic E-state index is 12.8. The molecular weight excluding hydrogens is 368 g/mol. The number of carboxylic acids is 1. The number of likely N-dealkylation sites (tertiary alicyclic amines) is 1. The molecule has 2 unspecified atom stereocenters. The van der Waals surface area contributed by atoms with E-state index in [1.807, 2.05) is 13.8 Å². The van der Waals surface area contributed by atoms with E-state index in [2.05, 4.69) is 5.32 Å². The number of hydrogen-bond donors (Lipinski definition) is 2. The van der Waals surface area contributed by atoms with E-state index in [1.165, 1.54) is 0 Å². The second kappa shape index (κ2) is 8.74. The summed E-state index contributed by atoms with van der Waals surface area (Å²) in [4.78, 5) is 38.3. The van der Waals surface area contributed by atoms with Gasteiger partial charge in [-0.05, 0) is 49.9 Å². The molecule has 0 aliphatic carbocycles. The number of nitrogens with zero attached hydrogens (tertiary/aromatic N) is 1. The monoisotopic (exact) mass is 394 g/mol. The van der Waals surface area contributed by atoms with Gasteiger partial charge in [0.25, 0.3) is 5.91 Å². The molecule has 0 aromatic heterocycles. The van der Waals surface area contributed by atoms with E-state index in [1.54, 1.807) is 36.1 Å². The smallest absolute Gasteiger partial charge is 0.305 e. The van der Waals surface area contributed by atoms with Crippen molar-refractivity contribution in [3.8, 4) is 0 Å². The van der Waals surface area contributed by atoms with Gasteiger partial charge in [-0.2, -0.15) is 0 Å². The zero-order valence-electron chi connectivity index (χ0n) is 16.0. The van der Waals surface area contributed by atoms with Crippen LogP contribution in [0.2, 0.25) is 5.02 Å². The van der Waals surface area contributed by atoms with Crippen molar-refractivity contribution in [2.75, 3.05) is 13.1 Å². The largest absolute Gasteiger partial charge is 0.481 e. The van der Waals surface area contributed by atoms with E-state index < -0.39 is 11.5 Å². The van der Waals surface area contributed by atoms with Crippen molar-refractivity contribution in [1.82, 2.24) is 10.2 Å². The lowest BCUT2D eigenvalue weighted by atomic mass is 9.84. The normalized spacial score (nSPS) is 19.4. The van der Waals surface area contributed by atoms with Crippen LogP contribution >= 0.6 is 11.6 Å². The summed E-state index contributed by atoms with van der Waals surface area (Å²) in [5.41, 5.74) is -0.288. The van der Waals surface area contributed by atoms with Crippen molar-refractivity contribution in [3.63, 3.8) is 0 Å². The van der Waals surface area contributed by atoms with Crippen LogP contribution in [0.25, 0.3) is 0 Å². The SMILES string of the molecule is CC(C)C(C)(CC(=O)O)NC(=O)C1CCCN(C(=O)c2ccc(Cl)cc2)C1. The average molecular weight is 395 g/mol. The lowest BCUT2D eigenvalue weighted by molar-refractivity contribution is -0.140. The van der Waals surface area contributed by atoms with Crippen LogP contribution in [0.5, 0.6) is 0 Å². The third kappa shape index (κ3) is 5.45. The van der Waals surface area contributed by atoms with Crippen molar-refractivity contribution in [2.45, 2.75) is 45.6 Å². The molecule has 0 bridgehead atoms. The fourth-order valence-corrected chi connectivity index (χ4v) is 3.37. The summed E-state index contributed by atoms with van der Waals surface area (Å²) in [6.45, 7) is 6.46. The minimum absolute atomic E-state index is 0.0343. The van der Waals surface area contributed by atoms with Gasteiger partial charge in [0.2, 0.25) is 5.91 Å². The fourth-order valence-electron chi connectivity index (χ4n) is 3.24. The lowest BCUT2D eigenvalue weighted by Crippen LogP contribution is -2.55. The highest BCUT2D eigenvalue weighted by molar-refractivity contribution is 6.30. The Labute approximate surface area is 164 Å². The van der Waals surface area contributed by atoms with Gasteiger partial charge in [0.1, 0.15) is 0 Å². The van der Waals surface area contributed by atoms with Crippen LogP contribution < -0.4 is 5.32 Å². The summed E-state index contributed by atoms with van der Waals surface area (Å²) in [7, 11) is 0. The molecule has 1 heterocycles. The minimum Gasteiger partial charge on any atom is -0.481 e. The third-order valence-corrected chi connectivity index (χ3v) is 5.62. The van der Waals surface area contributed by atoms with Gasteiger partial charge in [-0.25, -0.2) is 0 Å². The van der Waals surface area contributed by atoms with Crippen LogP contribution in [0.1, 0.15) is 50.4 Å². The molecule has 0 saturated carbocycles. The van der Waals surface area contributed by atoms with Crippen LogP contribution in [0.15, 0.2) is 24.3 Å². The molecular formula is C20H27ClN2O4. The molecule has 2 atom stereocenters. The minimum atomic E-state index is -0.949. The summed E-state index contributed by atoms with van der Waals surface area (Å²) < 4.78 is 0. The Morgan fingerprint density at radius 2 is 1.93 bits per heavy atom. The van der Waals surface area contributed by atoms with E-state index in [0.717, 1.165) is 6.42 Å². The second-order valence-electron chi connectivity index (χ2n) is 7.73. The van der Waals surface area contributed by atoms with Gasteiger partial charge in [0.15, 0.2) is 0 Å². The molecule has 1 aliphatic heterocycles. The van der Waals surface area contributed by atoms with Crippen LogP contribution in [-0.4, -0.2) is 46.4 Å². The molecule has 2 rings (SSSR count). The Hall–Kier alpha value is -2.08. The van der Waals surface area contributed by atoms with Crippen LogP contribution in [-0.2, 0) is 9.59 Å². The number of hydrogen-bond acceptors (Lipinski definition) is 3. The molecule has 0 radical (unpaired) electrons. The average Bonchev–Trinajstić information content (AvgIpc) is 2.61. The Morgan fingerprint density at radius 3 is 2.48 bits per heavy atom. The fraction of sp³-hybridized carbons (Fsp3) is 0.550. The maximum atomic E-state index is 12.8. The van der Waals surface area contributed by atoms with Gasteiger partial charge in [-0.3, -0.25) is 14.4 Å². The molecule has 148 valence electrons. The van der Waals surface area contributed by atoms with Gasteiger partial charge >= 0.3 is 5.97 Å². The number of nitrogens with one attached hydrogen (secondary N) is 1. The van der Waals surface area contributed by atoms with E-state index in [0.29, 0.717) is 30.1 Å². The van der Waals surface area contributed by atoms with Crippen LogP contribution in [0.4, 0.5) is 0 Å². The molecule has 6 nitrogen and oxygen atoms in total. The Bertz CT molecular complexity index is 704. The number of carbonyl (C=O) groups excluding carboxylic acids is 2. The van der Waals surface area contributed by atoms with Crippen molar-refractivity contribution < 1.29 is 19.5 Å². The molecule has 1 aromatic rings. The number of carboxylic acid groups (broad SMARTS) is 1. The number of benzene rings is 1. The molecule has 27 heavy (non-hydrogen) atoms. The summed E-state index contributed by atoms with van der Waals surface area (Å²) in [6.07, 6.45) is 1.27. The molecule has 2 N–H and O–H groups in total. The van der Waals surface area contributed by atoms with Crippen LogP contribution in [0.3, 0.4) is 0 Å². The van der Waals surface area contributed by atoms with Gasteiger partial charge in [-0.15, -0.1) is 0 Å². The predicted molar refractivity (Wildman–Crippen MR) is 104 cm³/mol. The van der Waals surface area contributed by atoms with E-state index in [4.69, 9.17) is 16.7 Å². The highest BCUT2D eigenvalue weighted by Gasteiger charge is 2.36. The first-order chi connectivity index (χ1) is 12.6. The Kier molecular flexibility index (Phi) is 6.87. The van der Waals surface area contributed by atoms with Gasteiger partial charge in [0.05, 0.1) is 12.3 Å². The van der Waals surface area contributed by atoms with Crippen LogP contribution in [0, 0.1) is 11.8 Å². The van der Waals surface area contributed by atoms with Crippen molar-refractivity contribution >= 4 is 29.4 Å². The summed E-state index contributed by atoms with van der Waals surface area (Å²) in [6, 6.07) is 6.69. The zero-order valence-corrected chi connectivity index (χ0v) is 16.8. The molecule has 1 aliphatic rings. The molecule has 2 amide bonds. The highest BCUT2D eigenvalue weighted by Crippen LogP contribution is 2.24. The summed E-state index contributed by atoms with van der Waals surface area (Å²) in [5.74, 6) is -1.65. The van der Waals surface area contributed by atoms with Crippen molar-refractivity contribution in [1.29, 1.82) is 0 Å². The number of aliphatic carboxylic acids is 1. The van der Waals surface area contributed by atoms with Crippen molar-refractivity contribution in [2.24, 2.45) is 11.8 Å². The van der Waals surface area contributed by atoms with E-state index in [9.17, 15) is 14.4 Å². The third-order valence-electron chi connectivity index (χ3n) is 5.37. The first kappa shape index (κ1) is 21.2. The number of halogens is 1.